The average Bonchev–Trinajstić information content (AvgIpc) is 2.57. The third-order valence-corrected chi connectivity index (χ3v) is 4.82. The van der Waals surface area contributed by atoms with E-state index in [9.17, 15) is 13.5 Å². The molecule has 2 aromatic rings. The molecule has 0 unspecified atom stereocenters. The lowest BCUT2D eigenvalue weighted by molar-refractivity contribution is 0.259. The van der Waals surface area contributed by atoms with Crippen molar-refractivity contribution in [2.24, 2.45) is 5.92 Å². The summed E-state index contributed by atoms with van der Waals surface area (Å²) >= 11 is 7.05. The molecule has 0 fully saturated rings. The summed E-state index contributed by atoms with van der Waals surface area (Å²) in [6.45, 7) is 3.95. The molecule has 2 rings (SSSR count). The highest BCUT2D eigenvalue weighted by Gasteiger charge is 2.15. The number of halogens is 1. The smallest absolute Gasteiger partial charge is 0.242 e. The zero-order valence-electron chi connectivity index (χ0n) is 15.6. The molecule has 0 radical (unpaired) electrons. The van der Waals surface area contributed by atoms with Crippen LogP contribution in [0.15, 0.2) is 17.6 Å². The van der Waals surface area contributed by atoms with E-state index < -0.39 is 10.0 Å². The van der Waals surface area contributed by atoms with Crippen LogP contribution in [0.1, 0.15) is 26.0 Å². The Morgan fingerprint density at radius 2 is 1.89 bits per heavy atom. The Morgan fingerprint density at radius 3 is 2.50 bits per heavy atom. The van der Waals surface area contributed by atoms with E-state index in [1.165, 1.54) is 18.0 Å². The van der Waals surface area contributed by atoms with E-state index in [0.717, 1.165) is 6.26 Å². The van der Waals surface area contributed by atoms with E-state index in [1.807, 2.05) is 13.8 Å². The Bertz CT molecular complexity index is 899. The third-order valence-electron chi connectivity index (χ3n) is 3.21. The lowest BCUT2D eigenvalue weighted by Crippen LogP contribution is -2.27. The summed E-state index contributed by atoms with van der Waals surface area (Å²) in [5, 5.41) is 13.1. The summed E-state index contributed by atoms with van der Waals surface area (Å²) in [4.78, 5) is 20.6. The van der Waals surface area contributed by atoms with E-state index in [1.54, 1.807) is 6.20 Å². The molecule has 0 aliphatic rings. The lowest BCUT2D eigenvalue weighted by Gasteiger charge is -2.18. The van der Waals surface area contributed by atoms with Gasteiger partial charge < -0.3 is 10.4 Å². The quantitative estimate of drug-likeness (QED) is 0.461. The standard InChI is InChI=1S/C15H22ClN7O3S2/c1-9(2)4-10(7-24)19-13-20-14(23-28(3,25)26)22-15(21-13)27-8-11-5-17-6-12(16)18-11/h5-6,9-10,24H,4,7-8H2,1-3H3,(H2,19,20,21,22,23)/t10-/m1/s1. The van der Waals surface area contributed by atoms with Crippen molar-refractivity contribution in [2.45, 2.75) is 37.2 Å². The molecule has 0 saturated heterocycles. The minimum Gasteiger partial charge on any atom is -0.394 e. The minimum atomic E-state index is -3.57. The fraction of sp³-hybridized carbons (Fsp3) is 0.533. The summed E-state index contributed by atoms with van der Waals surface area (Å²) < 4.78 is 25.4. The second kappa shape index (κ2) is 10.1. The van der Waals surface area contributed by atoms with Crippen LogP contribution in [0.4, 0.5) is 11.9 Å². The number of anilines is 2. The number of aliphatic hydroxyl groups is 1. The molecule has 0 aliphatic heterocycles. The van der Waals surface area contributed by atoms with Crippen molar-refractivity contribution in [1.29, 1.82) is 0 Å². The number of aliphatic hydroxyl groups excluding tert-OH is 1. The topological polar surface area (TPSA) is 143 Å². The van der Waals surface area contributed by atoms with Gasteiger partial charge in [0.05, 0.1) is 30.8 Å². The molecule has 2 aromatic heterocycles. The molecule has 3 N–H and O–H groups in total. The molecule has 154 valence electrons. The van der Waals surface area contributed by atoms with Crippen LogP contribution in [0.2, 0.25) is 5.15 Å². The van der Waals surface area contributed by atoms with E-state index in [-0.39, 0.29) is 34.9 Å². The number of nitrogens with zero attached hydrogens (tertiary/aromatic N) is 5. The van der Waals surface area contributed by atoms with E-state index in [2.05, 4.69) is 35.0 Å². The first-order chi connectivity index (χ1) is 13.1. The Kier molecular flexibility index (Phi) is 8.16. The number of aromatic nitrogens is 5. The van der Waals surface area contributed by atoms with Gasteiger partial charge in [-0.15, -0.1) is 0 Å². The molecule has 0 spiro atoms. The molecule has 13 heteroatoms. The molecule has 28 heavy (non-hydrogen) atoms. The first kappa shape index (κ1) is 22.5. The van der Waals surface area contributed by atoms with Crippen molar-refractivity contribution in [3.05, 3.63) is 23.2 Å². The lowest BCUT2D eigenvalue weighted by atomic mass is 10.0. The van der Waals surface area contributed by atoms with Crippen LogP contribution in [0.25, 0.3) is 0 Å². The Balaban J connectivity index is 2.23. The maximum Gasteiger partial charge on any atom is 0.242 e. The van der Waals surface area contributed by atoms with E-state index in [4.69, 9.17) is 11.6 Å². The maximum absolute atomic E-state index is 11.6. The Morgan fingerprint density at radius 1 is 1.18 bits per heavy atom. The molecule has 0 bridgehead atoms. The minimum absolute atomic E-state index is 0.110. The highest BCUT2D eigenvalue weighted by molar-refractivity contribution is 7.98. The number of thioether (sulfide) groups is 1. The van der Waals surface area contributed by atoms with Crippen LogP contribution >= 0.6 is 23.4 Å². The second-order valence-corrected chi connectivity index (χ2v) is 9.49. The van der Waals surface area contributed by atoms with Gasteiger partial charge in [0.1, 0.15) is 5.15 Å². The van der Waals surface area contributed by atoms with Gasteiger partial charge in [-0.25, -0.2) is 13.4 Å². The van der Waals surface area contributed by atoms with Gasteiger partial charge in [-0.1, -0.05) is 37.2 Å². The van der Waals surface area contributed by atoms with Gasteiger partial charge in [-0.2, -0.15) is 15.0 Å². The number of hydrogen-bond donors (Lipinski definition) is 3. The van der Waals surface area contributed by atoms with E-state index >= 15 is 0 Å². The Labute approximate surface area is 173 Å². The number of sulfonamides is 1. The summed E-state index contributed by atoms with van der Waals surface area (Å²) in [5.41, 5.74) is 0.623. The molecule has 10 nitrogen and oxygen atoms in total. The average molecular weight is 448 g/mol. The van der Waals surface area contributed by atoms with Crippen molar-refractivity contribution in [2.75, 3.05) is 22.9 Å². The van der Waals surface area contributed by atoms with Crippen LogP contribution < -0.4 is 10.0 Å². The van der Waals surface area contributed by atoms with E-state index in [0.29, 0.717) is 23.8 Å². The normalized spacial score (nSPS) is 12.8. The molecule has 2 heterocycles. The first-order valence-corrected chi connectivity index (χ1v) is 11.6. The van der Waals surface area contributed by atoms with Crippen molar-refractivity contribution >= 4 is 45.3 Å². The van der Waals surface area contributed by atoms with Crippen molar-refractivity contribution in [3.63, 3.8) is 0 Å². The van der Waals surface area contributed by atoms with Crippen LogP contribution in [-0.2, 0) is 15.8 Å². The first-order valence-electron chi connectivity index (χ1n) is 8.35. The van der Waals surface area contributed by atoms with Crippen LogP contribution in [0.3, 0.4) is 0 Å². The van der Waals surface area contributed by atoms with Crippen molar-refractivity contribution in [1.82, 2.24) is 24.9 Å². The summed E-state index contributed by atoms with van der Waals surface area (Å²) in [7, 11) is -3.57. The highest BCUT2D eigenvalue weighted by atomic mass is 35.5. The molecule has 0 saturated carbocycles. The predicted octanol–water partition coefficient (Wildman–Crippen LogP) is 1.80. The van der Waals surface area contributed by atoms with Gasteiger partial charge in [0.15, 0.2) is 5.16 Å². The zero-order chi connectivity index (χ0) is 20.7. The molecular formula is C15H22ClN7O3S2. The molecule has 0 aromatic carbocycles. The monoisotopic (exact) mass is 447 g/mol. The fourth-order valence-electron chi connectivity index (χ4n) is 2.22. The number of hydrogen-bond acceptors (Lipinski definition) is 10. The van der Waals surface area contributed by atoms with Gasteiger partial charge in [-0.3, -0.25) is 9.71 Å². The Hall–Kier alpha value is -1.76. The van der Waals surface area contributed by atoms with Gasteiger partial charge in [0.25, 0.3) is 0 Å². The summed E-state index contributed by atoms with van der Waals surface area (Å²) in [5.74, 6) is 0.780. The fourth-order valence-corrected chi connectivity index (χ4v) is 3.52. The molecule has 0 amide bonds. The van der Waals surface area contributed by atoms with Gasteiger partial charge >= 0.3 is 0 Å². The number of nitrogens with one attached hydrogen (secondary N) is 2. The van der Waals surface area contributed by atoms with Gasteiger partial charge in [0, 0.05) is 11.9 Å². The molecule has 1 atom stereocenters. The zero-order valence-corrected chi connectivity index (χ0v) is 18.0. The van der Waals surface area contributed by atoms with Crippen molar-refractivity contribution in [3.8, 4) is 0 Å². The number of rotatable bonds is 10. The van der Waals surface area contributed by atoms with Gasteiger partial charge in [-0.05, 0) is 12.3 Å². The highest BCUT2D eigenvalue weighted by Crippen LogP contribution is 2.22. The third kappa shape index (κ3) is 8.09. The molecular weight excluding hydrogens is 426 g/mol. The largest absolute Gasteiger partial charge is 0.394 e. The second-order valence-electron chi connectivity index (χ2n) is 6.41. The maximum atomic E-state index is 11.6. The summed E-state index contributed by atoms with van der Waals surface area (Å²) in [6.07, 6.45) is 4.70. The summed E-state index contributed by atoms with van der Waals surface area (Å²) in [6, 6.07) is -0.273. The predicted molar refractivity (Wildman–Crippen MR) is 109 cm³/mol. The van der Waals surface area contributed by atoms with Gasteiger partial charge in [0.2, 0.25) is 21.9 Å². The SMILES string of the molecule is CC(C)C[C@H](CO)Nc1nc(NS(C)(=O)=O)nc(SCc2cncc(Cl)n2)n1. The van der Waals surface area contributed by atoms with Crippen molar-refractivity contribution < 1.29 is 13.5 Å². The molecule has 0 aliphatic carbocycles. The van der Waals surface area contributed by atoms with Crippen LogP contribution in [-0.4, -0.2) is 57.3 Å². The van der Waals surface area contributed by atoms with Crippen LogP contribution in [0, 0.1) is 5.92 Å². The van der Waals surface area contributed by atoms with Crippen LogP contribution in [0.5, 0.6) is 0 Å².